The van der Waals surface area contributed by atoms with E-state index in [1.54, 1.807) is 6.07 Å². The molecule has 0 spiro atoms. The lowest BCUT2D eigenvalue weighted by atomic mass is 10.0. The van der Waals surface area contributed by atoms with Crippen LogP contribution in [0, 0.1) is 0 Å². The summed E-state index contributed by atoms with van der Waals surface area (Å²) in [5.74, 6) is -0.824. The fourth-order valence-electron chi connectivity index (χ4n) is 2.76. The zero-order valence-electron chi connectivity index (χ0n) is 9.15. The fourth-order valence-corrected chi connectivity index (χ4v) is 2.76. The van der Waals surface area contributed by atoms with Gasteiger partial charge in [-0.1, -0.05) is 6.07 Å². The van der Waals surface area contributed by atoms with E-state index in [0.29, 0.717) is 11.6 Å². The summed E-state index contributed by atoms with van der Waals surface area (Å²) in [7, 11) is 0. The van der Waals surface area contributed by atoms with Gasteiger partial charge < -0.3 is 5.11 Å². The number of hydrogen-bond acceptors (Lipinski definition) is 2. The Morgan fingerprint density at radius 3 is 2.81 bits per heavy atom. The van der Waals surface area contributed by atoms with Crippen molar-refractivity contribution in [2.24, 2.45) is 0 Å². The summed E-state index contributed by atoms with van der Waals surface area (Å²) in [6.07, 6.45) is 3.48. The molecule has 2 aliphatic rings. The van der Waals surface area contributed by atoms with Crippen LogP contribution in [0.4, 0.5) is 0 Å². The molecular weight excluding hydrogens is 202 g/mol. The van der Waals surface area contributed by atoms with Gasteiger partial charge in [0.1, 0.15) is 0 Å². The van der Waals surface area contributed by atoms with E-state index >= 15 is 0 Å². The van der Waals surface area contributed by atoms with E-state index < -0.39 is 5.97 Å². The monoisotopic (exact) mass is 217 g/mol. The zero-order valence-corrected chi connectivity index (χ0v) is 9.15. The Morgan fingerprint density at radius 2 is 2.19 bits per heavy atom. The molecule has 3 nitrogen and oxygen atoms in total. The van der Waals surface area contributed by atoms with Crippen LogP contribution in [0.25, 0.3) is 0 Å². The number of benzene rings is 1. The molecule has 1 fully saturated rings. The van der Waals surface area contributed by atoms with Gasteiger partial charge in [-0.15, -0.1) is 0 Å². The Hall–Kier alpha value is -1.35. The van der Waals surface area contributed by atoms with Gasteiger partial charge >= 0.3 is 5.97 Å². The summed E-state index contributed by atoms with van der Waals surface area (Å²) >= 11 is 0. The number of aromatic carboxylic acids is 1. The fraction of sp³-hybridized carbons (Fsp3) is 0.462. The Morgan fingerprint density at radius 1 is 1.38 bits per heavy atom. The van der Waals surface area contributed by atoms with Crippen LogP contribution >= 0.6 is 0 Å². The molecule has 1 atom stereocenters. The predicted molar refractivity (Wildman–Crippen MR) is 60.7 cm³/mol. The molecule has 0 aromatic heterocycles. The second kappa shape index (κ2) is 3.59. The van der Waals surface area contributed by atoms with Crippen molar-refractivity contribution in [1.82, 2.24) is 4.90 Å². The summed E-state index contributed by atoms with van der Waals surface area (Å²) in [4.78, 5) is 13.4. The second-order valence-electron chi connectivity index (χ2n) is 4.66. The molecule has 1 heterocycles. The number of aryl methyl sites for hydroxylation is 1. The van der Waals surface area contributed by atoms with Crippen LogP contribution < -0.4 is 0 Å². The number of fused-ring (bicyclic) bond motifs is 1. The minimum atomic E-state index is -0.824. The molecule has 1 unspecified atom stereocenters. The average Bonchev–Trinajstić information content (AvgIpc) is 2.59. The Labute approximate surface area is 94.7 Å². The minimum absolute atomic E-state index is 0.419. The number of rotatable bonds is 2. The summed E-state index contributed by atoms with van der Waals surface area (Å²) in [6.45, 7) is 2.40. The Bertz CT molecular complexity index is 438. The van der Waals surface area contributed by atoms with Gasteiger partial charge in [0.2, 0.25) is 0 Å². The van der Waals surface area contributed by atoms with Gasteiger partial charge in [0.25, 0.3) is 0 Å². The second-order valence-corrected chi connectivity index (χ2v) is 4.66. The van der Waals surface area contributed by atoms with Gasteiger partial charge in [-0.3, -0.25) is 4.90 Å². The van der Waals surface area contributed by atoms with Gasteiger partial charge in [0, 0.05) is 6.04 Å². The molecule has 16 heavy (non-hydrogen) atoms. The number of carbonyl (C=O) groups is 1. The SMILES string of the molecule is O=C(O)c1ccc2c(c1)CCC2N1CCC1. The molecule has 84 valence electrons. The highest BCUT2D eigenvalue weighted by Gasteiger charge is 2.31. The number of nitrogens with zero attached hydrogens (tertiary/aromatic N) is 1. The number of carboxylic acids is 1. The number of carboxylic acid groups (broad SMARTS) is 1. The maximum atomic E-state index is 10.9. The topological polar surface area (TPSA) is 40.5 Å². The third-order valence-corrected chi connectivity index (χ3v) is 3.77. The van der Waals surface area contributed by atoms with E-state index in [-0.39, 0.29) is 0 Å². The summed E-state index contributed by atoms with van der Waals surface area (Å²) < 4.78 is 0. The van der Waals surface area contributed by atoms with Crippen molar-refractivity contribution in [2.45, 2.75) is 25.3 Å². The van der Waals surface area contributed by atoms with Crippen LogP contribution in [0.2, 0.25) is 0 Å². The van der Waals surface area contributed by atoms with Gasteiger partial charge in [-0.2, -0.15) is 0 Å². The third-order valence-electron chi connectivity index (χ3n) is 3.77. The third kappa shape index (κ3) is 1.43. The predicted octanol–water partition coefficient (Wildman–Crippen LogP) is 2.08. The molecule has 1 aliphatic heterocycles. The van der Waals surface area contributed by atoms with Gasteiger partial charge in [-0.25, -0.2) is 4.79 Å². The minimum Gasteiger partial charge on any atom is -0.478 e. The first kappa shape index (κ1) is 9.85. The van der Waals surface area contributed by atoms with Crippen LogP contribution in [-0.4, -0.2) is 29.1 Å². The van der Waals surface area contributed by atoms with Gasteiger partial charge in [-0.05, 0) is 55.6 Å². The first-order valence-corrected chi connectivity index (χ1v) is 5.86. The van der Waals surface area contributed by atoms with Crippen molar-refractivity contribution >= 4 is 5.97 Å². The van der Waals surface area contributed by atoms with Gasteiger partial charge in [0.05, 0.1) is 5.56 Å². The molecule has 3 rings (SSSR count). The summed E-state index contributed by atoms with van der Waals surface area (Å²) in [6, 6.07) is 6.14. The quantitative estimate of drug-likeness (QED) is 0.824. The standard InChI is InChI=1S/C13H15NO2/c15-13(16)10-2-4-11-9(8-10)3-5-12(11)14-6-1-7-14/h2,4,8,12H,1,3,5-7H2,(H,15,16). The highest BCUT2D eigenvalue weighted by molar-refractivity contribution is 5.88. The molecule has 1 N–H and O–H groups in total. The lowest BCUT2D eigenvalue weighted by Crippen LogP contribution is -2.39. The van der Waals surface area contributed by atoms with Crippen molar-refractivity contribution in [1.29, 1.82) is 0 Å². The lowest BCUT2D eigenvalue weighted by Gasteiger charge is -2.36. The van der Waals surface area contributed by atoms with Crippen LogP contribution in [0.5, 0.6) is 0 Å². The lowest BCUT2D eigenvalue weighted by molar-refractivity contribution is 0.0696. The summed E-state index contributed by atoms with van der Waals surface area (Å²) in [5, 5.41) is 8.94. The van der Waals surface area contributed by atoms with Crippen molar-refractivity contribution in [2.75, 3.05) is 13.1 Å². The van der Waals surface area contributed by atoms with E-state index in [1.165, 1.54) is 30.6 Å². The van der Waals surface area contributed by atoms with E-state index in [2.05, 4.69) is 4.90 Å². The molecule has 0 saturated carbocycles. The first-order valence-electron chi connectivity index (χ1n) is 5.86. The van der Waals surface area contributed by atoms with E-state index in [1.807, 2.05) is 12.1 Å². The molecular formula is C13H15NO2. The molecule has 0 bridgehead atoms. The van der Waals surface area contributed by atoms with Crippen molar-refractivity contribution in [3.8, 4) is 0 Å². The van der Waals surface area contributed by atoms with E-state index in [4.69, 9.17) is 5.11 Å². The summed E-state index contributed by atoms with van der Waals surface area (Å²) in [5.41, 5.74) is 3.00. The van der Waals surface area contributed by atoms with Gasteiger partial charge in [0.15, 0.2) is 0 Å². The van der Waals surface area contributed by atoms with Crippen molar-refractivity contribution in [3.63, 3.8) is 0 Å². The Kier molecular flexibility index (Phi) is 2.21. The molecule has 1 aromatic rings. The molecule has 0 amide bonds. The Balaban J connectivity index is 1.92. The van der Waals surface area contributed by atoms with Crippen LogP contribution in [0.3, 0.4) is 0 Å². The first-order chi connectivity index (χ1) is 7.75. The van der Waals surface area contributed by atoms with E-state index in [9.17, 15) is 4.79 Å². The van der Waals surface area contributed by atoms with Crippen LogP contribution in [0.1, 0.15) is 40.4 Å². The maximum absolute atomic E-state index is 10.9. The normalized spacial score (nSPS) is 23.9. The zero-order chi connectivity index (χ0) is 11.1. The molecule has 1 aliphatic carbocycles. The van der Waals surface area contributed by atoms with Crippen molar-refractivity contribution in [3.05, 3.63) is 34.9 Å². The molecule has 1 aromatic carbocycles. The van der Waals surface area contributed by atoms with E-state index in [0.717, 1.165) is 12.8 Å². The van der Waals surface area contributed by atoms with Crippen LogP contribution in [-0.2, 0) is 6.42 Å². The maximum Gasteiger partial charge on any atom is 0.335 e. The molecule has 3 heteroatoms. The number of hydrogen-bond donors (Lipinski definition) is 1. The average molecular weight is 217 g/mol. The highest BCUT2D eigenvalue weighted by atomic mass is 16.4. The van der Waals surface area contributed by atoms with Crippen molar-refractivity contribution < 1.29 is 9.90 Å². The highest BCUT2D eigenvalue weighted by Crippen LogP contribution is 2.38. The smallest absolute Gasteiger partial charge is 0.335 e. The molecule has 1 saturated heterocycles. The number of likely N-dealkylation sites (tertiary alicyclic amines) is 1. The van der Waals surface area contributed by atoms with Crippen LogP contribution in [0.15, 0.2) is 18.2 Å². The largest absolute Gasteiger partial charge is 0.478 e. The molecule has 0 radical (unpaired) electrons.